The molecule has 2 nitrogen and oxygen atoms in total. The zero-order valence-corrected chi connectivity index (χ0v) is 8.21. The zero-order valence-electron chi connectivity index (χ0n) is 8.21. The maximum Gasteiger partial charge on any atom is 0.115 e. The van der Waals surface area contributed by atoms with Gasteiger partial charge in [-0.1, -0.05) is 6.07 Å². The highest BCUT2D eigenvalue weighted by Gasteiger charge is 2.41. The normalized spacial score (nSPS) is 22.9. The van der Waals surface area contributed by atoms with Crippen LogP contribution >= 0.6 is 0 Å². The predicted molar refractivity (Wildman–Crippen MR) is 55.3 cm³/mol. The van der Waals surface area contributed by atoms with Crippen LogP contribution in [0.5, 0.6) is 5.75 Å². The van der Waals surface area contributed by atoms with Crippen LogP contribution in [0, 0.1) is 0 Å². The zero-order chi connectivity index (χ0) is 9.60. The molecule has 1 aliphatic heterocycles. The Labute approximate surface area is 84.0 Å². The van der Waals surface area contributed by atoms with Gasteiger partial charge in [-0.15, -0.1) is 0 Å². The Morgan fingerprint density at radius 1 is 1.29 bits per heavy atom. The van der Waals surface area contributed by atoms with Gasteiger partial charge in [-0.05, 0) is 48.9 Å². The van der Waals surface area contributed by atoms with Crippen molar-refractivity contribution in [3.8, 4) is 5.75 Å². The molecule has 1 aromatic carbocycles. The molecule has 74 valence electrons. The maximum atomic E-state index is 9.43. The monoisotopic (exact) mass is 189 g/mol. The van der Waals surface area contributed by atoms with E-state index < -0.39 is 0 Å². The molecule has 0 unspecified atom stereocenters. The molecule has 1 saturated carbocycles. The fraction of sp³-hybridized carbons (Fsp3) is 0.500. The SMILES string of the molecule is Oc1ccc2c(c1)CCNC21CCC1. The van der Waals surface area contributed by atoms with Crippen LogP contribution in [-0.4, -0.2) is 11.7 Å². The van der Waals surface area contributed by atoms with Crippen molar-refractivity contribution in [2.45, 2.75) is 31.2 Å². The van der Waals surface area contributed by atoms with E-state index in [4.69, 9.17) is 0 Å². The first-order chi connectivity index (χ1) is 6.80. The fourth-order valence-corrected chi connectivity index (χ4v) is 2.76. The Morgan fingerprint density at radius 3 is 2.86 bits per heavy atom. The van der Waals surface area contributed by atoms with Crippen molar-refractivity contribution in [3.63, 3.8) is 0 Å². The summed E-state index contributed by atoms with van der Waals surface area (Å²) in [6, 6.07) is 5.83. The summed E-state index contributed by atoms with van der Waals surface area (Å²) in [5, 5.41) is 13.1. The number of hydrogen-bond acceptors (Lipinski definition) is 2. The average Bonchev–Trinajstić information content (AvgIpc) is 2.13. The van der Waals surface area contributed by atoms with Gasteiger partial charge in [-0.25, -0.2) is 0 Å². The first-order valence-corrected chi connectivity index (χ1v) is 5.38. The predicted octanol–water partition coefficient (Wildman–Crippen LogP) is 1.92. The van der Waals surface area contributed by atoms with E-state index in [9.17, 15) is 5.11 Å². The van der Waals surface area contributed by atoms with Gasteiger partial charge in [0.1, 0.15) is 5.75 Å². The first kappa shape index (κ1) is 8.30. The number of aromatic hydroxyl groups is 1. The number of hydrogen-bond donors (Lipinski definition) is 2. The number of phenols is 1. The molecule has 1 spiro atoms. The second-order valence-electron chi connectivity index (χ2n) is 4.45. The summed E-state index contributed by atoms with van der Waals surface area (Å²) in [6.45, 7) is 1.05. The van der Waals surface area contributed by atoms with Crippen LogP contribution in [0.15, 0.2) is 18.2 Å². The van der Waals surface area contributed by atoms with Crippen LogP contribution in [-0.2, 0) is 12.0 Å². The number of benzene rings is 1. The van der Waals surface area contributed by atoms with Crippen molar-refractivity contribution in [1.29, 1.82) is 0 Å². The fourth-order valence-electron chi connectivity index (χ4n) is 2.76. The quantitative estimate of drug-likeness (QED) is 0.653. The van der Waals surface area contributed by atoms with E-state index in [0.29, 0.717) is 5.75 Å². The summed E-state index contributed by atoms with van der Waals surface area (Å²) >= 11 is 0. The van der Waals surface area contributed by atoms with Crippen LogP contribution in [0.25, 0.3) is 0 Å². The highest BCUT2D eigenvalue weighted by atomic mass is 16.3. The van der Waals surface area contributed by atoms with E-state index in [0.717, 1.165) is 13.0 Å². The van der Waals surface area contributed by atoms with Crippen molar-refractivity contribution >= 4 is 0 Å². The third-order valence-electron chi connectivity index (χ3n) is 3.67. The molecule has 0 bridgehead atoms. The molecule has 0 radical (unpaired) electrons. The van der Waals surface area contributed by atoms with Gasteiger partial charge in [0, 0.05) is 12.1 Å². The van der Waals surface area contributed by atoms with Gasteiger partial charge in [0.15, 0.2) is 0 Å². The van der Waals surface area contributed by atoms with E-state index >= 15 is 0 Å². The molecule has 14 heavy (non-hydrogen) atoms. The summed E-state index contributed by atoms with van der Waals surface area (Å²) in [6.07, 6.45) is 4.88. The van der Waals surface area contributed by atoms with Crippen LogP contribution < -0.4 is 5.32 Å². The van der Waals surface area contributed by atoms with Crippen molar-refractivity contribution < 1.29 is 5.11 Å². The highest BCUT2D eigenvalue weighted by Crippen LogP contribution is 2.44. The van der Waals surface area contributed by atoms with Crippen LogP contribution in [0.3, 0.4) is 0 Å². The molecule has 0 atom stereocenters. The molecule has 1 fully saturated rings. The molecule has 0 saturated heterocycles. The van der Waals surface area contributed by atoms with Crippen molar-refractivity contribution in [2.24, 2.45) is 0 Å². The minimum absolute atomic E-state index is 0.265. The standard InChI is InChI=1S/C12H15NO/c14-10-2-3-11-9(8-10)4-7-13-12(11)5-1-6-12/h2-3,8,13-14H,1,4-7H2. The van der Waals surface area contributed by atoms with Gasteiger partial charge in [0.05, 0.1) is 0 Å². The van der Waals surface area contributed by atoms with Crippen molar-refractivity contribution in [3.05, 3.63) is 29.3 Å². The van der Waals surface area contributed by atoms with Crippen LogP contribution in [0.2, 0.25) is 0 Å². The average molecular weight is 189 g/mol. The minimum Gasteiger partial charge on any atom is -0.508 e. The molecule has 1 heterocycles. The summed E-state index contributed by atoms with van der Waals surface area (Å²) in [5.74, 6) is 0.403. The summed E-state index contributed by atoms with van der Waals surface area (Å²) < 4.78 is 0. The maximum absolute atomic E-state index is 9.43. The lowest BCUT2D eigenvalue weighted by Crippen LogP contribution is -2.51. The molecule has 0 aromatic heterocycles. The Morgan fingerprint density at radius 2 is 2.14 bits per heavy atom. The first-order valence-electron chi connectivity index (χ1n) is 5.38. The molecular weight excluding hydrogens is 174 g/mol. The van der Waals surface area contributed by atoms with Gasteiger partial charge in [-0.2, -0.15) is 0 Å². The Bertz CT molecular complexity index is 369. The molecule has 1 aromatic rings. The molecule has 2 aliphatic rings. The molecular formula is C12H15NO. The van der Waals surface area contributed by atoms with E-state index in [1.54, 1.807) is 0 Å². The molecule has 2 N–H and O–H groups in total. The number of fused-ring (bicyclic) bond motifs is 2. The summed E-state index contributed by atoms with van der Waals surface area (Å²) in [5.41, 5.74) is 3.03. The lowest BCUT2D eigenvalue weighted by Gasteiger charge is -2.47. The van der Waals surface area contributed by atoms with Gasteiger partial charge < -0.3 is 10.4 Å². The lowest BCUT2D eigenvalue weighted by atomic mass is 9.68. The lowest BCUT2D eigenvalue weighted by molar-refractivity contribution is 0.176. The number of nitrogens with one attached hydrogen (secondary N) is 1. The third kappa shape index (κ3) is 1.01. The highest BCUT2D eigenvalue weighted by molar-refractivity contribution is 5.42. The Hall–Kier alpha value is -1.02. The van der Waals surface area contributed by atoms with E-state index in [1.165, 1.54) is 30.4 Å². The molecule has 1 aliphatic carbocycles. The van der Waals surface area contributed by atoms with Crippen LogP contribution in [0.4, 0.5) is 0 Å². The van der Waals surface area contributed by atoms with Crippen LogP contribution in [0.1, 0.15) is 30.4 Å². The van der Waals surface area contributed by atoms with E-state index in [-0.39, 0.29) is 5.54 Å². The second kappa shape index (κ2) is 2.74. The third-order valence-corrected chi connectivity index (χ3v) is 3.67. The number of rotatable bonds is 0. The topological polar surface area (TPSA) is 32.3 Å². The Kier molecular flexibility index (Phi) is 1.62. The molecule has 3 rings (SSSR count). The van der Waals surface area contributed by atoms with Gasteiger partial charge in [-0.3, -0.25) is 0 Å². The van der Waals surface area contributed by atoms with Crippen molar-refractivity contribution in [2.75, 3.05) is 6.54 Å². The van der Waals surface area contributed by atoms with Gasteiger partial charge in [0.25, 0.3) is 0 Å². The largest absolute Gasteiger partial charge is 0.508 e. The Balaban J connectivity index is 2.10. The summed E-state index contributed by atoms with van der Waals surface area (Å²) in [7, 11) is 0. The van der Waals surface area contributed by atoms with Gasteiger partial charge in [0.2, 0.25) is 0 Å². The number of phenolic OH excluding ortho intramolecular Hbond substituents is 1. The van der Waals surface area contributed by atoms with E-state index in [1.807, 2.05) is 12.1 Å². The smallest absolute Gasteiger partial charge is 0.115 e. The van der Waals surface area contributed by atoms with Crippen molar-refractivity contribution in [1.82, 2.24) is 5.32 Å². The molecule has 2 heteroatoms. The molecule has 0 amide bonds. The van der Waals surface area contributed by atoms with Gasteiger partial charge >= 0.3 is 0 Å². The second-order valence-corrected chi connectivity index (χ2v) is 4.45. The summed E-state index contributed by atoms with van der Waals surface area (Å²) in [4.78, 5) is 0. The van der Waals surface area contributed by atoms with E-state index in [2.05, 4.69) is 11.4 Å². The minimum atomic E-state index is 0.265.